The van der Waals surface area contributed by atoms with Gasteiger partial charge in [-0.2, -0.15) is 10.1 Å². The summed E-state index contributed by atoms with van der Waals surface area (Å²) in [5.74, 6) is 0.572. The second-order valence-corrected chi connectivity index (χ2v) is 10.3. The quantitative estimate of drug-likeness (QED) is 0.342. The van der Waals surface area contributed by atoms with Crippen LogP contribution < -0.4 is 10.6 Å². The van der Waals surface area contributed by atoms with E-state index in [-0.39, 0.29) is 17.4 Å². The van der Waals surface area contributed by atoms with Crippen LogP contribution in [-0.2, 0) is 11.2 Å². The molecule has 4 aromatic rings. The average molecular weight is 538 g/mol. The third-order valence-corrected chi connectivity index (χ3v) is 7.34. The number of benzene rings is 1. The van der Waals surface area contributed by atoms with Gasteiger partial charge in [0, 0.05) is 42.7 Å². The fourth-order valence-electron chi connectivity index (χ4n) is 5.02. The molecule has 182 valence electrons. The van der Waals surface area contributed by atoms with Gasteiger partial charge in [-0.1, -0.05) is 13.0 Å². The van der Waals surface area contributed by atoms with Crippen LogP contribution >= 0.6 is 15.9 Å². The first-order valence-corrected chi connectivity index (χ1v) is 12.5. The van der Waals surface area contributed by atoms with E-state index < -0.39 is 6.10 Å². The summed E-state index contributed by atoms with van der Waals surface area (Å²) in [6, 6.07) is 8.03. The smallest absolute Gasteiger partial charge is 0.225 e. The number of aliphatic hydroxyl groups excluding tert-OH is 1. The van der Waals surface area contributed by atoms with Crippen LogP contribution in [0, 0.1) is 5.41 Å². The molecule has 3 heterocycles. The fourth-order valence-corrected chi connectivity index (χ4v) is 5.46. The molecule has 0 bridgehead atoms. The number of pyridine rings is 1. The average Bonchev–Trinajstić information content (AvgIpc) is 3.38. The van der Waals surface area contributed by atoms with Crippen molar-refractivity contribution in [3.8, 4) is 5.69 Å². The van der Waals surface area contributed by atoms with Crippen molar-refractivity contribution in [2.45, 2.75) is 51.7 Å². The number of hydrogen-bond donors (Lipinski definition) is 3. The zero-order valence-electron chi connectivity index (χ0n) is 19.9. The Labute approximate surface area is 211 Å². The largest absolute Gasteiger partial charge is 0.393 e. The number of nitrogens with one attached hydrogen (secondary N) is 2. The SMILES string of the molecule is CNC(=O)[C@]1(C)CC[C@@H](Nc2ncc3c(Br)nn(-c4cc(CC(C)O)c5ncccc5c4)c3n2)C1. The van der Waals surface area contributed by atoms with Gasteiger partial charge in [0.2, 0.25) is 11.9 Å². The van der Waals surface area contributed by atoms with E-state index in [2.05, 4.69) is 41.6 Å². The summed E-state index contributed by atoms with van der Waals surface area (Å²) in [6.45, 7) is 3.77. The van der Waals surface area contributed by atoms with Crippen LogP contribution in [0.3, 0.4) is 0 Å². The number of aromatic nitrogens is 5. The Morgan fingerprint density at radius 1 is 1.37 bits per heavy atom. The lowest BCUT2D eigenvalue weighted by atomic mass is 9.87. The maximum atomic E-state index is 12.3. The molecular formula is C25H28BrN7O2. The van der Waals surface area contributed by atoms with Gasteiger partial charge in [-0.3, -0.25) is 9.78 Å². The van der Waals surface area contributed by atoms with Crippen molar-refractivity contribution in [1.82, 2.24) is 30.0 Å². The first-order valence-electron chi connectivity index (χ1n) is 11.7. The summed E-state index contributed by atoms with van der Waals surface area (Å²) < 4.78 is 2.43. The molecule has 0 spiro atoms. The molecule has 3 atom stereocenters. The standard InChI is InChI=1S/C25H28BrN7O2/c1-14(34)9-16-11-18(10-15-5-4-8-28-20(15)16)33-22-19(21(26)32-33)13-29-24(31-22)30-17-6-7-25(2,12-17)23(35)27-3/h4-5,8,10-11,13-14,17,34H,6-7,9,12H2,1-3H3,(H,27,35)(H,29,30,31)/t14?,17-,25-/m1/s1. The van der Waals surface area contributed by atoms with E-state index in [1.54, 1.807) is 31.0 Å². The van der Waals surface area contributed by atoms with Gasteiger partial charge in [-0.05, 0) is 65.9 Å². The van der Waals surface area contributed by atoms with Crippen LogP contribution in [0.4, 0.5) is 5.95 Å². The van der Waals surface area contributed by atoms with Gasteiger partial charge in [-0.25, -0.2) is 9.67 Å². The minimum Gasteiger partial charge on any atom is -0.393 e. The number of hydrogen-bond acceptors (Lipinski definition) is 7. The van der Waals surface area contributed by atoms with Crippen molar-refractivity contribution in [2.75, 3.05) is 12.4 Å². The molecule has 9 nitrogen and oxygen atoms in total. The Kier molecular flexibility index (Phi) is 6.18. The van der Waals surface area contributed by atoms with Gasteiger partial charge in [-0.15, -0.1) is 0 Å². The van der Waals surface area contributed by atoms with Crippen molar-refractivity contribution in [3.05, 3.63) is 46.8 Å². The number of aliphatic hydroxyl groups is 1. The van der Waals surface area contributed by atoms with E-state index in [1.807, 2.05) is 31.2 Å². The van der Waals surface area contributed by atoms with Crippen molar-refractivity contribution >= 4 is 49.7 Å². The van der Waals surface area contributed by atoms with Crippen LogP contribution in [0.2, 0.25) is 0 Å². The molecule has 0 aliphatic heterocycles. The van der Waals surface area contributed by atoms with Crippen molar-refractivity contribution in [2.24, 2.45) is 5.41 Å². The van der Waals surface area contributed by atoms with Gasteiger partial charge in [0.15, 0.2) is 5.65 Å². The fraction of sp³-hybridized carbons (Fsp3) is 0.400. The minimum absolute atomic E-state index is 0.0685. The number of rotatable bonds is 6. The Hall–Kier alpha value is -3.11. The zero-order chi connectivity index (χ0) is 24.7. The normalized spacial score (nSPS) is 20.9. The van der Waals surface area contributed by atoms with Crippen molar-refractivity contribution in [1.29, 1.82) is 0 Å². The third kappa shape index (κ3) is 4.48. The molecule has 1 unspecified atom stereocenters. The second kappa shape index (κ2) is 9.16. The Balaban J connectivity index is 1.52. The highest BCUT2D eigenvalue weighted by Crippen LogP contribution is 2.39. The van der Waals surface area contributed by atoms with E-state index >= 15 is 0 Å². The summed E-state index contributed by atoms with van der Waals surface area (Å²) in [5.41, 5.74) is 2.91. The summed E-state index contributed by atoms with van der Waals surface area (Å²) in [5, 5.41) is 22.7. The van der Waals surface area contributed by atoms with Crippen LogP contribution in [0.25, 0.3) is 27.6 Å². The molecule has 5 rings (SSSR count). The maximum Gasteiger partial charge on any atom is 0.225 e. The highest BCUT2D eigenvalue weighted by Gasteiger charge is 2.41. The molecule has 35 heavy (non-hydrogen) atoms. The molecule has 0 saturated heterocycles. The zero-order valence-corrected chi connectivity index (χ0v) is 21.5. The number of nitrogens with zero attached hydrogens (tertiary/aromatic N) is 5. The lowest BCUT2D eigenvalue weighted by Gasteiger charge is -2.22. The highest BCUT2D eigenvalue weighted by atomic mass is 79.9. The van der Waals surface area contributed by atoms with Crippen LogP contribution in [0.15, 0.2) is 41.3 Å². The number of carbonyl (C=O) groups is 1. The predicted octanol–water partition coefficient (Wildman–Crippen LogP) is 3.77. The summed E-state index contributed by atoms with van der Waals surface area (Å²) in [7, 11) is 1.68. The van der Waals surface area contributed by atoms with E-state index in [0.29, 0.717) is 22.6 Å². The van der Waals surface area contributed by atoms with Crippen LogP contribution in [0.5, 0.6) is 0 Å². The molecule has 1 fully saturated rings. The van der Waals surface area contributed by atoms with Gasteiger partial charge in [0.05, 0.1) is 22.7 Å². The van der Waals surface area contributed by atoms with E-state index in [9.17, 15) is 9.90 Å². The minimum atomic E-state index is -0.499. The van der Waals surface area contributed by atoms with Gasteiger partial charge >= 0.3 is 0 Å². The third-order valence-electron chi connectivity index (χ3n) is 6.76. The van der Waals surface area contributed by atoms with E-state index in [1.165, 1.54) is 0 Å². The number of fused-ring (bicyclic) bond motifs is 2. The molecule has 0 radical (unpaired) electrons. The molecule has 10 heteroatoms. The number of anilines is 1. The molecule has 1 aliphatic carbocycles. The monoisotopic (exact) mass is 537 g/mol. The number of amides is 1. The van der Waals surface area contributed by atoms with Gasteiger partial charge in [0.25, 0.3) is 0 Å². The summed E-state index contributed by atoms with van der Waals surface area (Å²) in [6.07, 6.45) is 5.90. The molecule has 1 saturated carbocycles. The molecule has 1 amide bonds. The first-order chi connectivity index (χ1) is 16.8. The molecule has 1 aromatic carbocycles. The van der Waals surface area contributed by atoms with E-state index in [4.69, 9.17) is 4.98 Å². The van der Waals surface area contributed by atoms with Crippen LogP contribution in [0.1, 0.15) is 38.7 Å². The Morgan fingerprint density at radius 3 is 2.97 bits per heavy atom. The van der Waals surface area contributed by atoms with E-state index in [0.717, 1.165) is 46.8 Å². The molecular weight excluding hydrogens is 510 g/mol. The molecule has 3 N–H and O–H groups in total. The van der Waals surface area contributed by atoms with Gasteiger partial charge in [0.1, 0.15) is 4.60 Å². The maximum absolute atomic E-state index is 12.3. The number of carbonyl (C=O) groups excluding carboxylic acids is 1. The second-order valence-electron chi connectivity index (χ2n) is 9.59. The lowest BCUT2D eigenvalue weighted by molar-refractivity contribution is -0.129. The predicted molar refractivity (Wildman–Crippen MR) is 138 cm³/mol. The molecule has 3 aromatic heterocycles. The summed E-state index contributed by atoms with van der Waals surface area (Å²) in [4.78, 5) is 26.1. The lowest BCUT2D eigenvalue weighted by Crippen LogP contribution is -2.35. The Morgan fingerprint density at radius 2 is 2.20 bits per heavy atom. The summed E-state index contributed by atoms with van der Waals surface area (Å²) >= 11 is 3.55. The first kappa shape index (κ1) is 23.6. The number of halogens is 1. The highest BCUT2D eigenvalue weighted by molar-refractivity contribution is 9.10. The Bertz CT molecular complexity index is 1420. The van der Waals surface area contributed by atoms with Gasteiger partial charge < -0.3 is 15.7 Å². The topological polar surface area (TPSA) is 118 Å². The van der Waals surface area contributed by atoms with Crippen molar-refractivity contribution in [3.63, 3.8) is 0 Å². The van der Waals surface area contributed by atoms with Crippen LogP contribution in [-0.4, -0.2) is 54.9 Å². The molecule has 1 aliphatic rings. The van der Waals surface area contributed by atoms with Crippen molar-refractivity contribution < 1.29 is 9.90 Å².